The summed E-state index contributed by atoms with van der Waals surface area (Å²) < 4.78 is 13.7. The Balaban J connectivity index is 3.77. The van der Waals surface area contributed by atoms with Crippen LogP contribution in [0.25, 0.3) is 0 Å². The third-order valence-corrected chi connectivity index (χ3v) is 1.34. The Morgan fingerprint density at radius 2 is 1.79 bits per heavy atom. The van der Waals surface area contributed by atoms with E-state index in [0.29, 0.717) is 0 Å². The van der Waals surface area contributed by atoms with E-state index >= 15 is 0 Å². The van der Waals surface area contributed by atoms with Crippen LogP contribution >= 0.6 is 0 Å². The quantitative estimate of drug-likeness (QED) is 0.647. The fraction of sp³-hybridized carbons (Fsp3) is 0.778. The summed E-state index contributed by atoms with van der Waals surface area (Å²) in [6, 6.07) is 0. The van der Waals surface area contributed by atoms with Gasteiger partial charge in [-0.2, -0.15) is 0 Å². The van der Waals surface area contributed by atoms with Crippen molar-refractivity contribution in [1.82, 2.24) is 0 Å². The van der Waals surface area contributed by atoms with Crippen LogP contribution < -0.4 is 0 Å². The van der Waals surface area contributed by atoms with Crippen LogP contribution in [-0.2, 0) is 19.0 Å². The molecule has 1 atom stereocenters. The number of methoxy groups -OCH3 is 1. The summed E-state index contributed by atoms with van der Waals surface area (Å²) in [4.78, 5) is 21.8. The van der Waals surface area contributed by atoms with E-state index in [0.717, 1.165) is 0 Å². The molecule has 0 aromatic rings. The van der Waals surface area contributed by atoms with E-state index in [4.69, 9.17) is 4.74 Å². The Morgan fingerprint density at radius 3 is 2.21 bits per heavy atom. The SMILES string of the molecule is COC(=O)C(C)OC(=O)OCC(C)C. The van der Waals surface area contributed by atoms with E-state index in [1.807, 2.05) is 13.8 Å². The molecule has 0 bridgehead atoms. The number of esters is 1. The average Bonchev–Trinajstić information content (AvgIpc) is 2.13. The van der Waals surface area contributed by atoms with Crippen molar-refractivity contribution in [1.29, 1.82) is 0 Å². The second-order valence-corrected chi connectivity index (χ2v) is 3.24. The summed E-state index contributed by atoms with van der Waals surface area (Å²) in [7, 11) is 1.22. The van der Waals surface area contributed by atoms with Crippen LogP contribution in [0.3, 0.4) is 0 Å². The van der Waals surface area contributed by atoms with Gasteiger partial charge in [-0.15, -0.1) is 0 Å². The van der Waals surface area contributed by atoms with Gasteiger partial charge in [0.25, 0.3) is 0 Å². The molecule has 5 heteroatoms. The van der Waals surface area contributed by atoms with Gasteiger partial charge in [0, 0.05) is 0 Å². The largest absolute Gasteiger partial charge is 0.509 e. The first-order valence-electron chi connectivity index (χ1n) is 4.38. The van der Waals surface area contributed by atoms with Gasteiger partial charge in [0.05, 0.1) is 13.7 Å². The van der Waals surface area contributed by atoms with Crippen molar-refractivity contribution in [3.05, 3.63) is 0 Å². The standard InChI is InChI=1S/C9H16O5/c1-6(2)5-13-9(11)14-7(3)8(10)12-4/h6-7H,5H2,1-4H3. The molecule has 0 aliphatic carbocycles. The summed E-state index contributed by atoms with van der Waals surface area (Å²) in [6.45, 7) is 5.49. The van der Waals surface area contributed by atoms with Crippen LogP contribution in [0, 0.1) is 5.92 Å². The number of hydrogen-bond donors (Lipinski definition) is 0. The molecule has 0 N–H and O–H groups in total. The zero-order chi connectivity index (χ0) is 11.1. The fourth-order valence-corrected chi connectivity index (χ4v) is 0.627. The molecule has 5 nitrogen and oxygen atoms in total. The Bertz CT molecular complexity index is 199. The maximum absolute atomic E-state index is 10.9. The molecule has 0 aromatic heterocycles. The Kier molecular flexibility index (Phi) is 5.67. The molecule has 0 amide bonds. The highest BCUT2D eigenvalue weighted by Crippen LogP contribution is 1.99. The Morgan fingerprint density at radius 1 is 1.21 bits per heavy atom. The minimum atomic E-state index is -0.931. The molecule has 0 rings (SSSR count). The topological polar surface area (TPSA) is 61.8 Å². The minimum absolute atomic E-state index is 0.232. The molecule has 0 saturated heterocycles. The zero-order valence-electron chi connectivity index (χ0n) is 8.90. The Labute approximate surface area is 83.3 Å². The van der Waals surface area contributed by atoms with Crippen molar-refractivity contribution < 1.29 is 23.8 Å². The Hall–Kier alpha value is -1.26. The van der Waals surface area contributed by atoms with Gasteiger partial charge in [0.1, 0.15) is 0 Å². The summed E-state index contributed by atoms with van der Waals surface area (Å²) in [5.74, 6) is -0.373. The third-order valence-electron chi connectivity index (χ3n) is 1.34. The number of carbonyl (C=O) groups excluding carboxylic acids is 2. The lowest BCUT2D eigenvalue weighted by molar-refractivity contribution is -0.150. The first kappa shape index (κ1) is 12.7. The molecule has 0 spiro atoms. The number of rotatable bonds is 4. The minimum Gasteiger partial charge on any atom is -0.466 e. The zero-order valence-corrected chi connectivity index (χ0v) is 8.90. The van der Waals surface area contributed by atoms with Crippen molar-refractivity contribution >= 4 is 12.1 Å². The van der Waals surface area contributed by atoms with E-state index in [9.17, 15) is 9.59 Å². The maximum atomic E-state index is 10.9. The lowest BCUT2D eigenvalue weighted by Gasteiger charge is -2.11. The highest BCUT2D eigenvalue weighted by molar-refractivity contribution is 5.76. The smallest absolute Gasteiger partial charge is 0.466 e. The number of ether oxygens (including phenoxy) is 3. The number of carbonyl (C=O) groups is 2. The van der Waals surface area contributed by atoms with Gasteiger partial charge >= 0.3 is 12.1 Å². The molecule has 0 aliphatic rings. The average molecular weight is 204 g/mol. The van der Waals surface area contributed by atoms with Crippen molar-refractivity contribution in [2.75, 3.05) is 13.7 Å². The van der Waals surface area contributed by atoms with Gasteiger partial charge in [-0.3, -0.25) is 0 Å². The van der Waals surface area contributed by atoms with Crippen LogP contribution in [0.1, 0.15) is 20.8 Å². The normalized spacial score (nSPS) is 12.1. The first-order chi connectivity index (χ1) is 6.47. The second-order valence-electron chi connectivity index (χ2n) is 3.24. The number of hydrogen-bond acceptors (Lipinski definition) is 5. The third kappa shape index (κ3) is 5.40. The van der Waals surface area contributed by atoms with Crippen molar-refractivity contribution in [3.8, 4) is 0 Å². The monoisotopic (exact) mass is 204 g/mol. The lowest BCUT2D eigenvalue weighted by Crippen LogP contribution is -2.26. The molecule has 0 heterocycles. The second kappa shape index (κ2) is 6.23. The van der Waals surface area contributed by atoms with Crippen LogP contribution in [-0.4, -0.2) is 31.9 Å². The van der Waals surface area contributed by atoms with E-state index < -0.39 is 18.2 Å². The van der Waals surface area contributed by atoms with Crippen LogP contribution in [0.2, 0.25) is 0 Å². The van der Waals surface area contributed by atoms with Crippen LogP contribution in [0.4, 0.5) is 4.79 Å². The highest BCUT2D eigenvalue weighted by Gasteiger charge is 2.18. The molecule has 0 radical (unpaired) electrons. The predicted molar refractivity (Wildman–Crippen MR) is 48.7 cm³/mol. The van der Waals surface area contributed by atoms with Gasteiger partial charge < -0.3 is 14.2 Å². The van der Waals surface area contributed by atoms with Crippen molar-refractivity contribution in [2.24, 2.45) is 5.92 Å². The van der Waals surface area contributed by atoms with Gasteiger partial charge in [0.2, 0.25) is 0 Å². The molecule has 1 unspecified atom stereocenters. The highest BCUT2D eigenvalue weighted by atomic mass is 16.7. The van der Waals surface area contributed by atoms with Gasteiger partial charge in [-0.1, -0.05) is 13.8 Å². The summed E-state index contributed by atoms with van der Waals surface area (Å²) in [5, 5.41) is 0. The summed E-state index contributed by atoms with van der Waals surface area (Å²) >= 11 is 0. The van der Waals surface area contributed by atoms with Crippen LogP contribution in [0.15, 0.2) is 0 Å². The molecule has 0 fully saturated rings. The molecule has 82 valence electrons. The first-order valence-corrected chi connectivity index (χ1v) is 4.38. The molecular formula is C9H16O5. The fourth-order valence-electron chi connectivity index (χ4n) is 0.627. The summed E-state index contributed by atoms with van der Waals surface area (Å²) in [5.41, 5.74) is 0. The van der Waals surface area contributed by atoms with Gasteiger partial charge in [-0.05, 0) is 12.8 Å². The molecule has 14 heavy (non-hydrogen) atoms. The van der Waals surface area contributed by atoms with Gasteiger partial charge in [-0.25, -0.2) is 9.59 Å². The van der Waals surface area contributed by atoms with E-state index in [2.05, 4.69) is 9.47 Å². The predicted octanol–water partition coefficient (Wildman–Crippen LogP) is 1.36. The molecule has 0 saturated carbocycles. The van der Waals surface area contributed by atoms with Crippen molar-refractivity contribution in [2.45, 2.75) is 26.9 Å². The van der Waals surface area contributed by atoms with Crippen LogP contribution in [0.5, 0.6) is 0 Å². The summed E-state index contributed by atoms with van der Waals surface area (Å²) in [6.07, 6.45) is -1.78. The molecule has 0 aromatic carbocycles. The maximum Gasteiger partial charge on any atom is 0.509 e. The van der Waals surface area contributed by atoms with E-state index in [1.54, 1.807) is 0 Å². The van der Waals surface area contributed by atoms with Gasteiger partial charge in [0.15, 0.2) is 6.10 Å². The van der Waals surface area contributed by atoms with E-state index in [-0.39, 0.29) is 12.5 Å². The molecule has 0 aliphatic heterocycles. The lowest BCUT2D eigenvalue weighted by atomic mass is 10.2. The molecular weight excluding hydrogens is 188 g/mol. The van der Waals surface area contributed by atoms with Crippen molar-refractivity contribution in [3.63, 3.8) is 0 Å². The van der Waals surface area contributed by atoms with E-state index in [1.165, 1.54) is 14.0 Å².